The van der Waals surface area contributed by atoms with E-state index in [1.54, 1.807) is 17.0 Å². The molecule has 2 atom stereocenters. The van der Waals surface area contributed by atoms with Gasteiger partial charge in [-0.15, -0.1) is 0 Å². The lowest BCUT2D eigenvalue weighted by Gasteiger charge is -2.41. The first kappa shape index (κ1) is 31.9. The highest BCUT2D eigenvalue weighted by molar-refractivity contribution is 7.17. The third-order valence-electron chi connectivity index (χ3n) is 10.4. The second-order valence-corrected chi connectivity index (χ2v) is 14.7. The average Bonchev–Trinajstić information content (AvgIpc) is 3.74. The van der Waals surface area contributed by atoms with Crippen molar-refractivity contribution in [2.75, 3.05) is 11.4 Å². The Balaban J connectivity index is 1.15. The van der Waals surface area contributed by atoms with Gasteiger partial charge in [0.15, 0.2) is 5.82 Å². The standard InChI is InChI=1S/C36H36BF3N3O3P/c1-22(47)45-30-11-7-23(8-12-30)25-3-2-4-29(19-25)43(32(44)26-17-27(18-26)36(38,39)40)21-34-13-15-35(20-34,16-14-34)33-41-31(46-42-33)24-5-9-28(37)10-6-24/h2-12,19,22,26-27H,13-18,20-21,47H2,1H3. The Morgan fingerprint density at radius 1 is 1.02 bits per heavy atom. The van der Waals surface area contributed by atoms with Crippen LogP contribution in [0.15, 0.2) is 77.3 Å². The molecule has 3 fully saturated rings. The van der Waals surface area contributed by atoms with E-state index in [1.807, 2.05) is 67.6 Å². The number of ether oxygens (including phenoxy) is 1. The van der Waals surface area contributed by atoms with Crippen molar-refractivity contribution in [3.63, 3.8) is 0 Å². The first-order chi connectivity index (χ1) is 22.4. The van der Waals surface area contributed by atoms with Gasteiger partial charge in [-0.3, -0.25) is 4.79 Å². The molecule has 1 heterocycles. The minimum Gasteiger partial charge on any atom is -0.487 e. The number of halogens is 3. The van der Waals surface area contributed by atoms with Crippen LogP contribution in [0.2, 0.25) is 0 Å². The smallest absolute Gasteiger partial charge is 0.391 e. The van der Waals surface area contributed by atoms with Crippen LogP contribution in [0.5, 0.6) is 5.75 Å². The molecule has 0 saturated heterocycles. The lowest BCUT2D eigenvalue weighted by Crippen LogP contribution is -2.48. The quantitative estimate of drug-likeness (QED) is 0.137. The van der Waals surface area contributed by atoms with Gasteiger partial charge in [0.05, 0.1) is 5.92 Å². The topological polar surface area (TPSA) is 68.5 Å². The Bertz CT molecular complexity index is 1750. The van der Waals surface area contributed by atoms with Crippen LogP contribution in [0, 0.1) is 17.3 Å². The van der Waals surface area contributed by atoms with Crippen LogP contribution in [-0.4, -0.2) is 42.5 Å². The molecule has 6 nitrogen and oxygen atoms in total. The zero-order valence-corrected chi connectivity index (χ0v) is 27.3. The Kier molecular flexibility index (Phi) is 8.22. The second-order valence-electron chi connectivity index (χ2n) is 13.7. The van der Waals surface area contributed by atoms with Crippen LogP contribution in [-0.2, 0) is 10.2 Å². The number of carbonyl (C=O) groups excluding carboxylic acids is 1. The molecule has 0 spiro atoms. The third-order valence-corrected chi connectivity index (χ3v) is 10.6. The predicted octanol–water partition coefficient (Wildman–Crippen LogP) is 7.62. The van der Waals surface area contributed by atoms with Crippen molar-refractivity contribution in [3.8, 4) is 28.3 Å². The second kappa shape index (κ2) is 12.1. The minimum atomic E-state index is -4.28. The van der Waals surface area contributed by atoms with Crippen LogP contribution < -0.4 is 15.1 Å². The summed E-state index contributed by atoms with van der Waals surface area (Å²) in [4.78, 5) is 20.6. The number of anilines is 1. The first-order valence-corrected chi connectivity index (χ1v) is 16.8. The van der Waals surface area contributed by atoms with Crippen LogP contribution >= 0.6 is 9.24 Å². The Hall–Kier alpha value is -3.65. The van der Waals surface area contributed by atoms with Gasteiger partial charge in [-0.2, -0.15) is 18.2 Å². The maximum atomic E-state index is 14.1. The van der Waals surface area contributed by atoms with Gasteiger partial charge in [0.25, 0.3) is 5.89 Å². The van der Waals surface area contributed by atoms with Crippen molar-refractivity contribution in [2.45, 2.75) is 69.3 Å². The van der Waals surface area contributed by atoms with Crippen LogP contribution in [0.1, 0.15) is 57.7 Å². The van der Waals surface area contributed by atoms with Gasteiger partial charge >= 0.3 is 6.18 Å². The molecule has 11 heteroatoms. The summed E-state index contributed by atoms with van der Waals surface area (Å²) in [7, 11) is 8.44. The van der Waals surface area contributed by atoms with Crippen molar-refractivity contribution < 1.29 is 27.2 Å². The highest BCUT2D eigenvalue weighted by Gasteiger charge is 2.58. The van der Waals surface area contributed by atoms with Crippen molar-refractivity contribution >= 4 is 34.1 Å². The van der Waals surface area contributed by atoms with Crippen LogP contribution in [0.3, 0.4) is 0 Å². The first-order valence-electron chi connectivity index (χ1n) is 16.1. The van der Waals surface area contributed by atoms with Crippen LogP contribution in [0.25, 0.3) is 22.6 Å². The number of aromatic nitrogens is 2. The van der Waals surface area contributed by atoms with Gasteiger partial charge in [0.2, 0.25) is 5.91 Å². The molecule has 4 aromatic rings. The number of amides is 1. The zero-order valence-electron chi connectivity index (χ0n) is 26.2. The van der Waals surface area contributed by atoms with E-state index in [2.05, 4.69) is 14.4 Å². The van der Waals surface area contributed by atoms with E-state index in [0.717, 1.165) is 54.5 Å². The van der Waals surface area contributed by atoms with Crippen molar-refractivity contribution in [3.05, 3.63) is 78.6 Å². The summed E-state index contributed by atoms with van der Waals surface area (Å²) in [6, 6.07) is 22.8. The van der Waals surface area contributed by atoms with E-state index in [9.17, 15) is 18.0 Å². The molecule has 0 N–H and O–H groups in total. The summed E-state index contributed by atoms with van der Waals surface area (Å²) in [5.74, 6) is -0.461. The average molecular weight is 657 g/mol. The van der Waals surface area contributed by atoms with E-state index < -0.39 is 18.0 Å². The number of hydrogen-bond acceptors (Lipinski definition) is 5. The number of carbonyl (C=O) groups is 1. The van der Waals surface area contributed by atoms with E-state index in [4.69, 9.17) is 22.1 Å². The lowest BCUT2D eigenvalue weighted by molar-refractivity contribution is -0.204. The van der Waals surface area contributed by atoms with Crippen molar-refractivity contribution in [1.29, 1.82) is 0 Å². The summed E-state index contributed by atoms with van der Waals surface area (Å²) in [5, 5.41) is 4.40. The number of benzene rings is 3. The summed E-state index contributed by atoms with van der Waals surface area (Å²) < 4.78 is 51.7. The molecule has 3 aromatic carbocycles. The van der Waals surface area contributed by atoms with Crippen molar-refractivity contribution in [1.82, 2.24) is 10.1 Å². The normalized spacial score (nSPS) is 25.7. The highest BCUT2D eigenvalue weighted by Crippen LogP contribution is 2.62. The predicted molar refractivity (Wildman–Crippen MR) is 179 cm³/mol. The molecule has 0 aliphatic heterocycles. The molecular formula is C36H36BF3N3O3P. The molecule has 3 saturated carbocycles. The molecule has 242 valence electrons. The fourth-order valence-corrected chi connectivity index (χ4v) is 7.92. The molecule has 2 radical (unpaired) electrons. The van der Waals surface area contributed by atoms with Gasteiger partial charge in [0, 0.05) is 29.1 Å². The number of nitrogens with zero attached hydrogens (tertiary/aromatic N) is 3. The number of alkyl halides is 3. The fourth-order valence-electron chi connectivity index (χ4n) is 7.76. The summed E-state index contributed by atoms with van der Waals surface area (Å²) in [6.07, 6.45) is -0.366. The monoisotopic (exact) mass is 657 g/mol. The lowest BCUT2D eigenvalue weighted by atomic mass is 9.73. The van der Waals surface area contributed by atoms with E-state index >= 15 is 0 Å². The summed E-state index contributed by atoms with van der Waals surface area (Å²) >= 11 is 0. The SMILES string of the molecule is [B]c1ccc(-c2nc(C34CCC(CN(C(=O)C5CC(C(F)(F)F)C5)c5cccc(-c6ccc(OC(C)P)cc6)c5)(CC3)C4)no2)cc1. The number of rotatable bonds is 9. The van der Waals surface area contributed by atoms with Crippen molar-refractivity contribution in [2.24, 2.45) is 17.3 Å². The van der Waals surface area contributed by atoms with Gasteiger partial charge in [-0.1, -0.05) is 68.4 Å². The highest BCUT2D eigenvalue weighted by atomic mass is 31.0. The molecule has 2 bridgehead atoms. The van der Waals surface area contributed by atoms with Gasteiger partial charge in [-0.05, 0) is 92.7 Å². The molecule has 1 amide bonds. The summed E-state index contributed by atoms with van der Waals surface area (Å²) in [5.41, 5.74) is 3.56. The van der Waals surface area contributed by atoms with Gasteiger partial charge < -0.3 is 14.2 Å². The third kappa shape index (κ3) is 6.33. The van der Waals surface area contributed by atoms with Crippen LogP contribution in [0.4, 0.5) is 18.9 Å². The van der Waals surface area contributed by atoms with E-state index in [-0.39, 0.29) is 35.4 Å². The molecule has 7 rings (SSSR count). The Morgan fingerprint density at radius 2 is 1.70 bits per heavy atom. The molecule has 3 aliphatic carbocycles. The number of hydrogen-bond donors (Lipinski definition) is 0. The maximum Gasteiger partial charge on any atom is 0.391 e. The molecule has 1 aromatic heterocycles. The van der Waals surface area contributed by atoms with Gasteiger partial charge in [0.1, 0.15) is 19.4 Å². The maximum absolute atomic E-state index is 14.1. The van der Waals surface area contributed by atoms with E-state index in [0.29, 0.717) is 29.4 Å². The zero-order chi connectivity index (χ0) is 33.0. The fraction of sp³-hybridized carbons (Fsp3) is 0.417. The van der Waals surface area contributed by atoms with E-state index in [1.165, 1.54) is 0 Å². The largest absolute Gasteiger partial charge is 0.487 e. The minimum absolute atomic E-state index is 0.0256. The molecule has 2 unspecified atom stereocenters. The molecule has 3 aliphatic rings. The summed E-state index contributed by atoms with van der Waals surface area (Å²) in [6.45, 7) is 2.37. The Morgan fingerprint density at radius 3 is 2.36 bits per heavy atom. The van der Waals surface area contributed by atoms with Gasteiger partial charge in [-0.25, -0.2) is 0 Å². The Labute approximate surface area is 276 Å². The number of fused-ring (bicyclic) bond motifs is 2. The molecule has 47 heavy (non-hydrogen) atoms. The molecular weight excluding hydrogens is 621 g/mol.